The van der Waals surface area contributed by atoms with Crippen LogP contribution in [-0.2, 0) is 11.2 Å². The van der Waals surface area contributed by atoms with Gasteiger partial charge in [0, 0.05) is 6.04 Å². The van der Waals surface area contributed by atoms with E-state index in [-0.39, 0.29) is 6.04 Å². The van der Waals surface area contributed by atoms with Crippen LogP contribution in [-0.4, -0.2) is 12.6 Å². The van der Waals surface area contributed by atoms with E-state index in [1.165, 1.54) is 5.57 Å². The number of hydrogen-bond donors (Lipinski definition) is 1. The van der Waals surface area contributed by atoms with Crippen molar-refractivity contribution in [3.63, 3.8) is 0 Å². The minimum atomic E-state index is -0.00691. The first-order valence-electron chi connectivity index (χ1n) is 5.67. The lowest BCUT2D eigenvalue weighted by Crippen LogP contribution is -2.27. The van der Waals surface area contributed by atoms with Gasteiger partial charge in [-0.3, -0.25) is 0 Å². The molecule has 1 aromatic rings. The number of rotatable bonds is 3. The first-order chi connectivity index (χ1) is 8.16. The summed E-state index contributed by atoms with van der Waals surface area (Å²) >= 11 is 11.8. The topological polar surface area (TPSA) is 35.2 Å². The number of hydrogen-bond acceptors (Lipinski definition) is 2. The lowest BCUT2D eigenvalue weighted by molar-refractivity contribution is 0.221. The molecule has 0 radical (unpaired) electrons. The molecule has 0 spiro atoms. The third-order valence-corrected chi connectivity index (χ3v) is 3.62. The van der Waals surface area contributed by atoms with Gasteiger partial charge in [-0.25, -0.2) is 0 Å². The zero-order valence-corrected chi connectivity index (χ0v) is 11.0. The van der Waals surface area contributed by atoms with Crippen molar-refractivity contribution in [3.8, 4) is 0 Å². The fourth-order valence-electron chi connectivity index (χ4n) is 1.91. The Bertz CT molecular complexity index is 431. The summed E-state index contributed by atoms with van der Waals surface area (Å²) in [7, 11) is 0. The number of nitrogens with two attached hydrogens (primary N) is 1. The number of halogens is 2. The third-order valence-electron chi connectivity index (χ3n) is 2.88. The molecule has 4 heteroatoms. The molecule has 0 fully saturated rings. The summed E-state index contributed by atoms with van der Waals surface area (Å²) in [6, 6.07) is 5.62. The van der Waals surface area contributed by atoms with E-state index in [4.69, 9.17) is 33.7 Å². The van der Waals surface area contributed by atoms with Crippen molar-refractivity contribution < 1.29 is 4.74 Å². The summed E-state index contributed by atoms with van der Waals surface area (Å²) in [5.74, 6) is 0. The number of ether oxygens (including phenoxy) is 1. The van der Waals surface area contributed by atoms with Crippen molar-refractivity contribution in [2.45, 2.75) is 25.3 Å². The molecule has 0 aliphatic carbocycles. The molecule has 1 heterocycles. The van der Waals surface area contributed by atoms with Gasteiger partial charge in [0.15, 0.2) is 0 Å². The Hall–Kier alpha value is -0.700. The zero-order chi connectivity index (χ0) is 12.3. The highest BCUT2D eigenvalue weighted by atomic mass is 35.5. The Labute approximate surface area is 111 Å². The summed E-state index contributed by atoms with van der Waals surface area (Å²) in [6.45, 7) is 0.795. The molecule has 0 saturated carbocycles. The van der Waals surface area contributed by atoms with Crippen LogP contribution in [0, 0.1) is 0 Å². The molecule has 2 nitrogen and oxygen atoms in total. The molecule has 1 atom stereocenters. The Kier molecular flexibility index (Phi) is 4.32. The summed E-state index contributed by atoms with van der Waals surface area (Å²) < 4.78 is 5.29. The van der Waals surface area contributed by atoms with Gasteiger partial charge in [-0.1, -0.05) is 29.3 Å². The second-order valence-electron chi connectivity index (χ2n) is 4.23. The van der Waals surface area contributed by atoms with Crippen molar-refractivity contribution in [2.24, 2.45) is 5.73 Å². The van der Waals surface area contributed by atoms with Gasteiger partial charge < -0.3 is 10.5 Å². The molecule has 1 aliphatic heterocycles. The Morgan fingerprint density at radius 2 is 2.12 bits per heavy atom. The summed E-state index contributed by atoms with van der Waals surface area (Å²) in [6.07, 6.45) is 4.61. The zero-order valence-electron chi connectivity index (χ0n) is 9.46. The summed E-state index contributed by atoms with van der Waals surface area (Å²) in [4.78, 5) is 0. The van der Waals surface area contributed by atoms with Crippen LogP contribution in [0.2, 0.25) is 10.0 Å². The van der Waals surface area contributed by atoms with E-state index in [0.29, 0.717) is 10.0 Å². The molecule has 2 N–H and O–H groups in total. The van der Waals surface area contributed by atoms with Crippen molar-refractivity contribution in [1.82, 2.24) is 0 Å². The van der Waals surface area contributed by atoms with E-state index in [1.807, 2.05) is 12.1 Å². The van der Waals surface area contributed by atoms with Crippen LogP contribution in [0.25, 0.3) is 0 Å². The van der Waals surface area contributed by atoms with E-state index in [2.05, 4.69) is 0 Å². The smallest absolute Gasteiger partial charge is 0.0876 e. The molecule has 0 amide bonds. The van der Waals surface area contributed by atoms with Crippen molar-refractivity contribution in [3.05, 3.63) is 45.6 Å². The van der Waals surface area contributed by atoms with Gasteiger partial charge in [-0.2, -0.15) is 0 Å². The highest BCUT2D eigenvalue weighted by Crippen LogP contribution is 2.24. The van der Waals surface area contributed by atoms with Gasteiger partial charge in [0.2, 0.25) is 0 Å². The quantitative estimate of drug-likeness (QED) is 0.913. The molecule has 0 saturated heterocycles. The van der Waals surface area contributed by atoms with Gasteiger partial charge in [0.1, 0.15) is 0 Å². The lowest BCUT2D eigenvalue weighted by atomic mass is 9.96. The van der Waals surface area contributed by atoms with Crippen LogP contribution in [0.15, 0.2) is 30.0 Å². The van der Waals surface area contributed by atoms with Crippen LogP contribution >= 0.6 is 23.2 Å². The average molecular weight is 272 g/mol. The first-order valence-corrected chi connectivity index (χ1v) is 6.42. The van der Waals surface area contributed by atoms with Crippen molar-refractivity contribution in [1.29, 1.82) is 0 Å². The Morgan fingerprint density at radius 3 is 2.76 bits per heavy atom. The second kappa shape index (κ2) is 5.76. The molecular formula is C13H15Cl2NO. The van der Waals surface area contributed by atoms with Crippen molar-refractivity contribution in [2.75, 3.05) is 6.61 Å². The SMILES string of the molecule is NC(Cc1ccc(Cl)c(Cl)c1)C1=COCCC1. The molecule has 17 heavy (non-hydrogen) atoms. The average Bonchev–Trinajstić information content (AvgIpc) is 2.35. The van der Waals surface area contributed by atoms with E-state index in [1.54, 1.807) is 12.3 Å². The van der Waals surface area contributed by atoms with Crippen molar-refractivity contribution >= 4 is 23.2 Å². The van der Waals surface area contributed by atoms with E-state index < -0.39 is 0 Å². The Morgan fingerprint density at radius 1 is 1.29 bits per heavy atom. The van der Waals surface area contributed by atoms with Gasteiger partial charge >= 0.3 is 0 Å². The van der Waals surface area contributed by atoms with Crippen LogP contribution in [0.4, 0.5) is 0 Å². The predicted molar refractivity (Wildman–Crippen MR) is 71.4 cm³/mol. The molecule has 2 rings (SSSR count). The predicted octanol–water partition coefficient (Wildman–Crippen LogP) is 3.56. The Balaban J connectivity index is 2.04. The minimum Gasteiger partial charge on any atom is -0.501 e. The monoisotopic (exact) mass is 271 g/mol. The highest BCUT2D eigenvalue weighted by molar-refractivity contribution is 6.42. The molecule has 1 unspecified atom stereocenters. The molecule has 0 bridgehead atoms. The first kappa shape index (κ1) is 12.7. The molecule has 1 aromatic carbocycles. The largest absolute Gasteiger partial charge is 0.501 e. The fourth-order valence-corrected chi connectivity index (χ4v) is 2.23. The molecular weight excluding hydrogens is 257 g/mol. The van der Waals surface area contributed by atoms with Crippen LogP contribution in [0.1, 0.15) is 18.4 Å². The normalized spacial score (nSPS) is 17.2. The minimum absolute atomic E-state index is 0.00691. The van der Waals surface area contributed by atoms with Gasteiger partial charge in [0.05, 0.1) is 22.9 Å². The standard InChI is InChI=1S/C13H15Cl2NO/c14-11-4-3-9(6-12(11)15)7-13(16)10-2-1-5-17-8-10/h3-4,6,8,13H,1-2,5,7,16H2. The summed E-state index contributed by atoms with van der Waals surface area (Å²) in [5.41, 5.74) is 8.41. The van der Waals surface area contributed by atoms with Gasteiger partial charge in [0.25, 0.3) is 0 Å². The van der Waals surface area contributed by atoms with Gasteiger partial charge in [-0.15, -0.1) is 0 Å². The van der Waals surface area contributed by atoms with Crippen LogP contribution in [0.3, 0.4) is 0 Å². The fraction of sp³-hybridized carbons (Fsp3) is 0.385. The van der Waals surface area contributed by atoms with Crippen LogP contribution in [0.5, 0.6) is 0 Å². The maximum absolute atomic E-state index is 6.14. The van der Waals surface area contributed by atoms with Gasteiger partial charge in [-0.05, 0) is 42.5 Å². The second-order valence-corrected chi connectivity index (χ2v) is 5.04. The van der Waals surface area contributed by atoms with Crippen LogP contribution < -0.4 is 5.73 Å². The molecule has 1 aliphatic rings. The maximum Gasteiger partial charge on any atom is 0.0876 e. The van der Waals surface area contributed by atoms with E-state index >= 15 is 0 Å². The lowest BCUT2D eigenvalue weighted by Gasteiger charge is -2.19. The van der Waals surface area contributed by atoms with E-state index in [9.17, 15) is 0 Å². The van der Waals surface area contributed by atoms with E-state index in [0.717, 1.165) is 31.4 Å². The summed E-state index contributed by atoms with van der Waals surface area (Å²) in [5, 5.41) is 1.15. The molecule has 92 valence electrons. The molecule has 0 aromatic heterocycles. The maximum atomic E-state index is 6.14. The highest BCUT2D eigenvalue weighted by Gasteiger charge is 2.14. The third kappa shape index (κ3) is 3.38. The number of benzene rings is 1.